The summed E-state index contributed by atoms with van der Waals surface area (Å²) in [5, 5.41) is 10.7. The number of ether oxygens (including phenoxy) is 4. The van der Waals surface area contributed by atoms with Crippen molar-refractivity contribution in [2.45, 2.75) is 19.9 Å². The third-order valence-electron chi connectivity index (χ3n) is 5.36. The molecule has 0 saturated carbocycles. The molecule has 2 aromatic carbocycles. The standard InChI is InChI=1S/C23H23NO7/c1-12(2)21(25)19-20(13-5-7-15(28-3)17(9-13)29-4)24(23(27)22(19)26)14-6-8-16-18(10-14)31-11-30-16/h5-10,12,20,26H,11H2,1-4H3. The molecule has 0 radical (unpaired) electrons. The molecule has 0 saturated heterocycles. The maximum atomic E-state index is 13.1. The van der Waals surface area contributed by atoms with E-state index < -0.39 is 23.6 Å². The molecule has 0 bridgehead atoms. The van der Waals surface area contributed by atoms with E-state index in [-0.39, 0.29) is 18.1 Å². The Morgan fingerprint density at radius 2 is 1.77 bits per heavy atom. The van der Waals surface area contributed by atoms with E-state index in [0.29, 0.717) is 34.2 Å². The number of aliphatic hydroxyl groups excluding tert-OH is 1. The Balaban J connectivity index is 1.88. The summed E-state index contributed by atoms with van der Waals surface area (Å²) >= 11 is 0. The molecule has 2 aromatic rings. The molecule has 8 nitrogen and oxygen atoms in total. The van der Waals surface area contributed by atoms with Crippen LogP contribution in [0, 0.1) is 5.92 Å². The number of aliphatic hydroxyl groups is 1. The number of anilines is 1. The van der Waals surface area contributed by atoms with Gasteiger partial charge in [0, 0.05) is 17.7 Å². The zero-order valence-corrected chi connectivity index (χ0v) is 17.7. The second-order valence-electron chi connectivity index (χ2n) is 7.51. The topological polar surface area (TPSA) is 94.5 Å². The first-order chi connectivity index (χ1) is 14.9. The molecule has 2 aliphatic rings. The zero-order chi connectivity index (χ0) is 22.3. The van der Waals surface area contributed by atoms with E-state index in [0.717, 1.165) is 0 Å². The van der Waals surface area contributed by atoms with Gasteiger partial charge in [-0.15, -0.1) is 0 Å². The van der Waals surface area contributed by atoms with Crippen molar-refractivity contribution in [2.75, 3.05) is 25.9 Å². The number of ketones is 1. The van der Waals surface area contributed by atoms with Crippen LogP contribution in [0.4, 0.5) is 5.69 Å². The summed E-state index contributed by atoms with van der Waals surface area (Å²) in [6.45, 7) is 3.54. The molecule has 0 aromatic heterocycles. The Hall–Kier alpha value is -3.68. The van der Waals surface area contributed by atoms with E-state index in [9.17, 15) is 14.7 Å². The number of hydrogen-bond acceptors (Lipinski definition) is 7. The Kier molecular flexibility index (Phi) is 5.22. The zero-order valence-electron chi connectivity index (χ0n) is 17.7. The fourth-order valence-corrected chi connectivity index (χ4v) is 3.81. The highest BCUT2D eigenvalue weighted by atomic mass is 16.7. The van der Waals surface area contributed by atoms with Gasteiger partial charge in [0.2, 0.25) is 6.79 Å². The van der Waals surface area contributed by atoms with Gasteiger partial charge in [0.25, 0.3) is 5.91 Å². The molecule has 1 atom stereocenters. The highest BCUT2D eigenvalue weighted by molar-refractivity contribution is 6.17. The molecule has 4 rings (SSSR count). The van der Waals surface area contributed by atoms with Crippen LogP contribution in [0.3, 0.4) is 0 Å². The number of rotatable bonds is 6. The van der Waals surface area contributed by atoms with Crippen LogP contribution in [0.15, 0.2) is 47.7 Å². The lowest BCUT2D eigenvalue weighted by Crippen LogP contribution is -2.31. The number of hydrogen-bond donors (Lipinski definition) is 1. The lowest BCUT2D eigenvalue weighted by molar-refractivity contribution is -0.119. The fourth-order valence-electron chi connectivity index (χ4n) is 3.81. The summed E-state index contributed by atoms with van der Waals surface area (Å²) in [5.41, 5.74) is 1.11. The quantitative estimate of drug-likeness (QED) is 0.756. The Labute approximate surface area is 179 Å². The molecule has 1 amide bonds. The van der Waals surface area contributed by atoms with Crippen molar-refractivity contribution in [3.8, 4) is 23.0 Å². The minimum atomic E-state index is -0.845. The predicted molar refractivity (Wildman–Crippen MR) is 112 cm³/mol. The molecule has 1 N–H and O–H groups in total. The van der Waals surface area contributed by atoms with Crippen molar-refractivity contribution in [1.82, 2.24) is 0 Å². The molecule has 1 unspecified atom stereocenters. The smallest absolute Gasteiger partial charge is 0.294 e. The van der Waals surface area contributed by atoms with Gasteiger partial charge in [0.1, 0.15) is 0 Å². The van der Waals surface area contributed by atoms with Crippen LogP contribution >= 0.6 is 0 Å². The maximum absolute atomic E-state index is 13.1. The molecule has 31 heavy (non-hydrogen) atoms. The molecule has 0 fully saturated rings. The van der Waals surface area contributed by atoms with E-state index in [2.05, 4.69) is 0 Å². The van der Waals surface area contributed by atoms with Crippen molar-refractivity contribution in [3.05, 3.63) is 53.3 Å². The van der Waals surface area contributed by atoms with Crippen LogP contribution in [-0.2, 0) is 9.59 Å². The average Bonchev–Trinajstić information content (AvgIpc) is 3.34. The largest absolute Gasteiger partial charge is 0.503 e. The Bertz CT molecular complexity index is 1090. The van der Waals surface area contributed by atoms with Gasteiger partial charge in [-0.1, -0.05) is 19.9 Å². The van der Waals surface area contributed by atoms with Crippen molar-refractivity contribution in [1.29, 1.82) is 0 Å². The van der Waals surface area contributed by atoms with Crippen LogP contribution in [-0.4, -0.2) is 37.8 Å². The fraction of sp³-hybridized carbons (Fsp3) is 0.304. The highest BCUT2D eigenvalue weighted by Crippen LogP contribution is 2.46. The monoisotopic (exact) mass is 425 g/mol. The summed E-state index contributed by atoms with van der Waals surface area (Å²) in [5.74, 6) is 0.0566. The molecule has 8 heteroatoms. The van der Waals surface area contributed by atoms with Gasteiger partial charge in [0.05, 0.1) is 25.8 Å². The van der Waals surface area contributed by atoms with Crippen molar-refractivity contribution in [3.63, 3.8) is 0 Å². The van der Waals surface area contributed by atoms with Gasteiger partial charge in [-0.3, -0.25) is 14.5 Å². The maximum Gasteiger partial charge on any atom is 0.294 e. The summed E-state index contributed by atoms with van der Waals surface area (Å²) in [6, 6.07) is 9.33. The summed E-state index contributed by atoms with van der Waals surface area (Å²) in [4.78, 5) is 27.6. The number of amides is 1. The molecule has 0 spiro atoms. The second-order valence-corrected chi connectivity index (χ2v) is 7.51. The number of methoxy groups -OCH3 is 2. The van der Waals surface area contributed by atoms with Gasteiger partial charge >= 0.3 is 0 Å². The van der Waals surface area contributed by atoms with E-state index in [1.54, 1.807) is 50.2 Å². The molecule has 2 aliphatic heterocycles. The first-order valence-electron chi connectivity index (χ1n) is 9.79. The lowest BCUT2D eigenvalue weighted by atomic mass is 9.91. The van der Waals surface area contributed by atoms with Crippen LogP contribution in [0.2, 0.25) is 0 Å². The van der Waals surface area contributed by atoms with E-state index in [4.69, 9.17) is 18.9 Å². The number of carbonyl (C=O) groups excluding carboxylic acids is 2. The minimum absolute atomic E-state index is 0.0462. The van der Waals surface area contributed by atoms with Crippen LogP contribution in [0.5, 0.6) is 23.0 Å². The van der Waals surface area contributed by atoms with Gasteiger partial charge in [-0.2, -0.15) is 0 Å². The van der Waals surface area contributed by atoms with Crippen molar-refractivity contribution < 1.29 is 33.6 Å². The number of carbonyl (C=O) groups is 2. The average molecular weight is 425 g/mol. The van der Waals surface area contributed by atoms with Crippen molar-refractivity contribution in [2.24, 2.45) is 5.92 Å². The van der Waals surface area contributed by atoms with Crippen molar-refractivity contribution >= 4 is 17.4 Å². The second kappa shape index (κ2) is 7.86. The Morgan fingerprint density at radius 1 is 1.06 bits per heavy atom. The van der Waals surface area contributed by atoms with E-state index in [1.807, 2.05) is 0 Å². The van der Waals surface area contributed by atoms with E-state index >= 15 is 0 Å². The highest BCUT2D eigenvalue weighted by Gasteiger charge is 2.45. The third-order valence-corrected chi connectivity index (χ3v) is 5.36. The van der Waals surface area contributed by atoms with Gasteiger partial charge in [0.15, 0.2) is 34.5 Å². The van der Waals surface area contributed by atoms with Crippen LogP contribution < -0.4 is 23.8 Å². The molecule has 162 valence electrons. The lowest BCUT2D eigenvalue weighted by Gasteiger charge is -2.28. The molecule has 0 aliphatic carbocycles. The van der Waals surface area contributed by atoms with Gasteiger partial charge in [-0.25, -0.2) is 0 Å². The Morgan fingerprint density at radius 3 is 2.45 bits per heavy atom. The van der Waals surface area contributed by atoms with E-state index in [1.165, 1.54) is 19.1 Å². The molecule has 2 heterocycles. The third kappa shape index (κ3) is 3.34. The number of Topliss-reactive ketones (excluding diaryl/α,β-unsaturated/α-hetero) is 1. The summed E-state index contributed by atoms with van der Waals surface area (Å²) < 4.78 is 21.5. The molecular formula is C23H23NO7. The number of fused-ring (bicyclic) bond motifs is 1. The first-order valence-corrected chi connectivity index (χ1v) is 9.79. The predicted octanol–water partition coefficient (Wildman–Crippen LogP) is 3.56. The SMILES string of the molecule is COc1ccc(C2C(C(=O)C(C)C)=C(O)C(=O)N2c2ccc3c(c2)OCO3)cc1OC. The van der Waals surface area contributed by atoms with Crippen LogP contribution in [0.25, 0.3) is 0 Å². The van der Waals surface area contributed by atoms with Gasteiger partial charge in [-0.05, 0) is 29.8 Å². The minimum Gasteiger partial charge on any atom is -0.503 e. The normalized spacial score (nSPS) is 17.5. The van der Waals surface area contributed by atoms with Gasteiger partial charge < -0.3 is 24.1 Å². The summed E-state index contributed by atoms with van der Waals surface area (Å²) in [6.07, 6.45) is 0. The summed E-state index contributed by atoms with van der Waals surface area (Å²) in [7, 11) is 3.03. The van der Waals surface area contributed by atoms with Crippen LogP contribution in [0.1, 0.15) is 25.5 Å². The number of nitrogens with zero attached hydrogens (tertiary/aromatic N) is 1. The molecular weight excluding hydrogens is 402 g/mol. The number of benzene rings is 2. The first kappa shape index (κ1) is 20.6.